The molecule has 0 bridgehead atoms. The van der Waals surface area contributed by atoms with Gasteiger partial charge in [0.1, 0.15) is 5.82 Å². The summed E-state index contributed by atoms with van der Waals surface area (Å²) in [4.78, 5) is 4.62. The summed E-state index contributed by atoms with van der Waals surface area (Å²) in [6.45, 7) is 3.59. The molecule has 0 spiro atoms. The number of imidazole rings is 1. The molecule has 0 aliphatic rings. The number of rotatable bonds is 6. The van der Waals surface area contributed by atoms with E-state index in [4.69, 9.17) is 5.73 Å². The third-order valence-electron chi connectivity index (χ3n) is 3.10. The van der Waals surface area contributed by atoms with Crippen molar-refractivity contribution in [3.05, 3.63) is 30.1 Å². The summed E-state index contributed by atoms with van der Waals surface area (Å²) in [5.74, 6) is 0.957. The molecule has 1 aromatic heterocycles. The summed E-state index contributed by atoms with van der Waals surface area (Å²) < 4.78 is 2.20. The van der Waals surface area contributed by atoms with Crippen molar-refractivity contribution in [1.82, 2.24) is 9.55 Å². The third-order valence-corrected chi connectivity index (χ3v) is 3.10. The van der Waals surface area contributed by atoms with Gasteiger partial charge < -0.3 is 15.4 Å². The summed E-state index contributed by atoms with van der Waals surface area (Å²) in [6, 6.07) is 8.11. The fourth-order valence-electron chi connectivity index (χ4n) is 2.26. The minimum Gasteiger partial charge on any atom is -0.393 e. The Morgan fingerprint density at radius 3 is 2.89 bits per heavy atom. The highest BCUT2D eigenvalue weighted by molar-refractivity contribution is 5.75. The SMILES string of the molecule is CCCn1c(CC(O)CCN)nc2ccccc21. The second kappa shape index (κ2) is 5.98. The minimum absolute atomic E-state index is 0.401. The highest BCUT2D eigenvalue weighted by Gasteiger charge is 2.13. The Hall–Kier alpha value is -1.39. The number of nitrogens with zero attached hydrogens (tertiary/aromatic N) is 2. The average Bonchev–Trinajstić information content (AvgIpc) is 2.68. The first-order valence-corrected chi connectivity index (χ1v) is 6.58. The Balaban J connectivity index is 2.33. The summed E-state index contributed by atoms with van der Waals surface area (Å²) in [5, 5.41) is 9.89. The van der Waals surface area contributed by atoms with Crippen LogP contribution in [0.1, 0.15) is 25.6 Å². The van der Waals surface area contributed by atoms with Gasteiger partial charge in [-0.2, -0.15) is 0 Å². The van der Waals surface area contributed by atoms with Gasteiger partial charge in [0.25, 0.3) is 0 Å². The molecule has 0 saturated heterocycles. The lowest BCUT2D eigenvalue weighted by Crippen LogP contribution is -2.18. The quantitative estimate of drug-likeness (QED) is 0.816. The molecule has 1 unspecified atom stereocenters. The van der Waals surface area contributed by atoms with Gasteiger partial charge in [0.15, 0.2) is 0 Å². The lowest BCUT2D eigenvalue weighted by molar-refractivity contribution is 0.164. The van der Waals surface area contributed by atoms with Crippen LogP contribution in [0.4, 0.5) is 0 Å². The lowest BCUT2D eigenvalue weighted by atomic mass is 10.2. The van der Waals surface area contributed by atoms with Crippen molar-refractivity contribution < 1.29 is 5.11 Å². The summed E-state index contributed by atoms with van der Waals surface area (Å²) in [6.07, 6.45) is 1.85. The van der Waals surface area contributed by atoms with Crippen LogP contribution in [0.2, 0.25) is 0 Å². The van der Waals surface area contributed by atoms with Crippen LogP contribution in [0.25, 0.3) is 11.0 Å². The van der Waals surface area contributed by atoms with E-state index in [-0.39, 0.29) is 0 Å². The van der Waals surface area contributed by atoms with Crippen LogP contribution >= 0.6 is 0 Å². The van der Waals surface area contributed by atoms with Crippen LogP contribution in [0, 0.1) is 0 Å². The minimum atomic E-state index is -0.401. The summed E-state index contributed by atoms with van der Waals surface area (Å²) in [5.41, 5.74) is 7.62. The zero-order valence-electron chi connectivity index (χ0n) is 10.8. The van der Waals surface area contributed by atoms with Crippen LogP contribution in [0.5, 0.6) is 0 Å². The van der Waals surface area contributed by atoms with Gasteiger partial charge in [-0.1, -0.05) is 19.1 Å². The molecular weight excluding hydrogens is 226 g/mol. The molecular formula is C14H21N3O. The average molecular weight is 247 g/mol. The fraction of sp³-hybridized carbons (Fsp3) is 0.500. The fourth-order valence-corrected chi connectivity index (χ4v) is 2.26. The molecule has 4 heteroatoms. The van der Waals surface area contributed by atoms with E-state index in [1.165, 1.54) is 0 Å². The number of nitrogens with two attached hydrogens (primary N) is 1. The van der Waals surface area contributed by atoms with Crippen LogP contribution in [-0.4, -0.2) is 27.3 Å². The van der Waals surface area contributed by atoms with Gasteiger partial charge in [0.2, 0.25) is 0 Å². The molecule has 18 heavy (non-hydrogen) atoms. The van der Waals surface area contributed by atoms with E-state index in [0.717, 1.165) is 29.8 Å². The number of hydrogen-bond donors (Lipinski definition) is 2. The van der Waals surface area contributed by atoms with E-state index < -0.39 is 6.10 Å². The Kier molecular flexibility index (Phi) is 4.33. The number of aromatic nitrogens is 2. The van der Waals surface area contributed by atoms with Crippen molar-refractivity contribution in [3.63, 3.8) is 0 Å². The molecule has 0 aliphatic carbocycles. The molecule has 2 aromatic rings. The first kappa shape index (κ1) is 13.1. The van der Waals surface area contributed by atoms with E-state index in [0.29, 0.717) is 19.4 Å². The van der Waals surface area contributed by atoms with Crippen LogP contribution in [-0.2, 0) is 13.0 Å². The predicted molar refractivity (Wildman–Crippen MR) is 73.4 cm³/mol. The molecule has 1 heterocycles. The maximum atomic E-state index is 9.89. The number of aryl methyl sites for hydroxylation is 1. The zero-order chi connectivity index (χ0) is 13.0. The largest absolute Gasteiger partial charge is 0.393 e. The zero-order valence-corrected chi connectivity index (χ0v) is 10.8. The second-order valence-corrected chi connectivity index (χ2v) is 4.60. The van der Waals surface area contributed by atoms with Gasteiger partial charge in [-0.25, -0.2) is 4.98 Å². The number of para-hydroxylation sites is 2. The Morgan fingerprint density at radius 1 is 1.39 bits per heavy atom. The summed E-state index contributed by atoms with van der Waals surface area (Å²) in [7, 11) is 0. The van der Waals surface area contributed by atoms with E-state index >= 15 is 0 Å². The topological polar surface area (TPSA) is 64.1 Å². The Morgan fingerprint density at radius 2 is 2.17 bits per heavy atom. The van der Waals surface area contributed by atoms with E-state index in [9.17, 15) is 5.11 Å². The standard InChI is InChI=1S/C14H21N3O/c1-2-9-17-13-6-4-3-5-12(13)16-14(17)10-11(18)7-8-15/h3-6,11,18H,2,7-10,15H2,1H3. The molecule has 0 fully saturated rings. The molecule has 0 aliphatic heterocycles. The number of fused-ring (bicyclic) bond motifs is 1. The maximum Gasteiger partial charge on any atom is 0.112 e. The first-order valence-electron chi connectivity index (χ1n) is 6.58. The van der Waals surface area contributed by atoms with Gasteiger partial charge in [-0.05, 0) is 31.5 Å². The second-order valence-electron chi connectivity index (χ2n) is 4.60. The third kappa shape index (κ3) is 2.71. The van der Waals surface area contributed by atoms with Gasteiger partial charge in [0, 0.05) is 13.0 Å². The van der Waals surface area contributed by atoms with Gasteiger partial charge in [-0.15, -0.1) is 0 Å². The highest BCUT2D eigenvalue weighted by Crippen LogP contribution is 2.18. The molecule has 2 rings (SSSR count). The lowest BCUT2D eigenvalue weighted by Gasteiger charge is -2.11. The van der Waals surface area contributed by atoms with Gasteiger partial charge in [0.05, 0.1) is 17.1 Å². The molecule has 1 aromatic carbocycles. The molecule has 0 amide bonds. The van der Waals surface area contributed by atoms with Gasteiger partial charge >= 0.3 is 0 Å². The molecule has 3 N–H and O–H groups in total. The molecule has 1 atom stereocenters. The highest BCUT2D eigenvalue weighted by atomic mass is 16.3. The number of hydrogen-bond acceptors (Lipinski definition) is 3. The van der Waals surface area contributed by atoms with Crippen molar-refractivity contribution in [3.8, 4) is 0 Å². The van der Waals surface area contributed by atoms with Crippen LogP contribution in [0.15, 0.2) is 24.3 Å². The molecule has 0 radical (unpaired) electrons. The van der Waals surface area contributed by atoms with E-state index in [1.54, 1.807) is 0 Å². The van der Waals surface area contributed by atoms with Crippen LogP contribution < -0.4 is 5.73 Å². The Bertz CT molecular complexity index is 507. The number of aliphatic hydroxyl groups excluding tert-OH is 1. The monoisotopic (exact) mass is 247 g/mol. The van der Waals surface area contributed by atoms with Crippen molar-refractivity contribution in [2.75, 3.05) is 6.54 Å². The van der Waals surface area contributed by atoms with Crippen LogP contribution in [0.3, 0.4) is 0 Å². The molecule has 98 valence electrons. The number of benzene rings is 1. The van der Waals surface area contributed by atoms with E-state index in [2.05, 4.69) is 22.5 Å². The Labute approximate surface area is 107 Å². The molecule has 0 saturated carbocycles. The van der Waals surface area contributed by atoms with E-state index in [1.807, 2.05) is 18.2 Å². The smallest absolute Gasteiger partial charge is 0.112 e. The van der Waals surface area contributed by atoms with Crippen molar-refractivity contribution in [1.29, 1.82) is 0 Å². The summed E-state index contributed by atoms with van der Waals surface area (Å²) >= 11 is 0. The van der Waals surface area contributed by atoms with Crippen molar-refractivity contribution in [2.45, 2.75) is 38.8 Å². The molecule has 4 nitrogen and oxygen atoms in total. The first-order chi connectivity index (χ1) is 8.76. The maximum absolute atomic E-state index is 9.89. The van der Waals surface area contributed by atoms with Crippen molar-refractivity contribution >= 4 is 11.0 Å². The number of aliphatic hydroxyl groups is 1. The van der Waals surface area contributed by atoms with Gasteiger partial charge in [-0.3, -0.25) is 0 Å². The normalized spacial score (nSPS) is 13.1. The predicted octanol–water partition coefficient (Wildman–Crippen LogP) is 1.70. The van der Waals surface area contributed by atoms with Crippen molar-refractivity contribution in [2.24, 2.45) is 5.73 Å².